The Morgan fingerprint density at radius 2 is 1.87 bits per heavy atom. The van der Waals surface area contributed by atoms with Crippen molar-refractivity contribution < 1.29 is 8.42 Å². The SMILES string of the molecule is CCn1nc(C)c(S(=O)(=O)Nc2ccc3ccccc3n2)c1C. The van der Waals surface area contributed by atoms with E-state index in [-0.39, 0.29) is 4.90 Å². The first-order valence-electron chi connectivity index (χ1n) is 7.35. The summed E-state index contributed by atoms with van der Waals surface area (Å²) in [5.41, 5.74) is 1.85. The summed E-state index contributed by atoms with van der Waals surface area (Å²) in [6.07, 6.45) is 0. The average molecular weight is 330 g/mol. The number of pyridine rings is 1. The van der Waals surface area contributed by atoms with E-state index in [1.54, 1.807) is 24.6 Å². The fourth-order valence-electron chi connectivity index (χ4n) is 2.69. The Balaban J connectivity index is 2.01. The first-order valence-corrected chi connectivity index (χ1v) is 8.83. The largest absolute Gasteiger partial charge is 0.268 e. The van der Waals surface area contributed by atoms with Crippen molar-refractivity contribution in [2.75, 3.05) is 4.72 Å². The van der Waals surface area contributed by atoms with Crippen LogP contribution in [0.25, 0.3) is 10.9 Å². The first-order chi connectivity index (χ1) is 10.9. The molecular weight excluding hydrogens is 312 g/mol. The summed E-state index contributed by atoms with van der Waals surface area (Å²) in [5.74, 6) is 0.298. The van der Waals surface area contributed by atoms with Crippen LogP contribution in [0.4, 0.5) is 5.82 Å². The molecule has 0 amide bonds. The van der Waals surface area contributed by atoms with E-state index in [4.69, 9.17) is 0 Å². The normalized spacial score (nSPS) is 11.8. The molecule has 7 heteroatoms. The lowest BCUT2D eigenvalue weighted by atomic mass is 10.2. The maximum atomic E-state index is 12.7. The van der Waals surface area contributed by atoms with Gasteiger partial charge in [0.05, 0.1) is 16.9 Å². The van der Waals surface area contributed by atoms with Gasteiger partial charge in [0.15, 0.2) is 0 Å². The van der Waals surface area contributed by atoms with Gasteiger partial charge in [-0.3, -0.25) is 9.40 Å². The van der Waals surface area contributed by atoms with Gasteiger partial charge in [0, 0.05) is 11.9 Å². The molecule has 6 nitrogen and oxygen atoms in total. The Labute approximate surface area is 135 Å². The van der Waals surface area contributed by atoms with Crippen LogP contribution < -0.4 is 4.72 Å². The minimum atomic E-state index is -3.73. The standard InChI is InChI=1S/C16H18N4O2S/c1-4-20-12(3)16(11(2)18-20)23(21,22)19-15-10-9-13-7-5-6-8-14(13)17-15/h5-10H,4H2,1-3H3,(H,17,19). The topological polar surface area (TPSA) is 76.9 Å². The maximum absolute atomic E-state index is 12.7. The monoisotopic (exact) mass is 330 g/mol. The second kappa shape index (κ2) is 5.66. The summed E-state index contributed by atoms with van der Waals surface area (Å²) in [5, 5.41) is 5.22. The number of rotatable bonds is 4. The van der Waals surface area contributed by atoms with E-state index in [9.17, 15) is 8.42 Å². The number of hydrogen-bond acceptors (Lipinski definition) is 4. The zero-order valence-electron chi connectivity index (χ0n) is 13.2. The summed E-state index contributed by atoms with van der Waals surface area (Å²) >= 11 is 0. The number of para-hydroxylation sites is 1. The summed E-state index contributed by atoms with van der Waals surface area (Å²) in [6.45, 7) is 6.00. The molecule has 120 valence electrons. The third kappa shape index (κ3) is 2.79. The van der Waals surface area contributed by atoms with E-state index in [1.807, 2.05) is 37.3 Å². The smallest absolute Gasteiger partial charge is 0.266 e. The first kappa shape index (κ1) is 15.5. The third-order valence-corrected chi connectivity index (χ3v) is 5.33. The van der Waals surface area contributed by atoms with Gasteiger partial charge >= 0.3 is 0 Å². The zero-order valence-corrected chi connectivity index (χ0v) is 14.1. The van der Waals surface area contributed by atoms with Crippen molar-refractivity contribution in [3.8, 4) is 0 Å². The molecule has 0 radical (unpaired) electrons. The molecule has 0 aliphatic heterocycles. The van der Waals surface area contributed by atoms with E-state index < -0.39 is 10.0 Å². The highest BCUT2D eigenvalue weighted by atomic mass is 32.2. The van der Waals surface area contributed by atoms with Crippen LogP contribution in [0.3, 0.4) is 0 Å². The van der Waals surface area contributed by atoms with Crippen molar-refractivity contribution >= 4 is 26.7 Å². The maximum Gasteiger partial charge on any atom is 0.266 e. The van der Waals surface area contributed by atoms with E-state index in [0.29, 0.717) is 23.8 Å². The molecule has 2 aromatic heterocycles. The zero-order chi connectivity index (χ0) is 16.6. The molecule has 23 heavy (non-hydrogen) atoms. The highest BCUT2D eigenvalue weighted by Crippen LogP contribution is 2.23. The number of anilines is 1. The van der Waals surface area contributed by atoms with Crippen molar-refractivity contribution in [2.24, 2.45) is 0 Å². The molecule has 0 unspecified atom stereocenters. The molecule has 0 saturated carbocycles. The highest BCUT2D eigenvalue weighted by Gasteiger charge is 2.24. The molecule has 0 spiro atoms. The van der Waals surface area contributed by atoms with Gasteiger partial charge in [-0.25, -0.2) is 13.4 Å². The average Bonchev–Trinajstić information content (AvgIpc) is 2.81. The molecule has 1 aromatic carbocycles. The molecule has 0 aliphatic rings. The Hall–Kier alpha value is -2.41. The number of nitrogens with one attached hydrogen (secondary N) is 1. The van der Waals surface area contributed by atoms with Crippen molar-refractivity contribution in [3.05, 3.63) is 47.8 Å². The quantitative estimate of drug-likeness (QED) is 0.798. The van der Waals surface area contributed by atoms with E-state index in [0.717, 1.165) is 10.9 Å². The fraction of sp³-hybridized carbons (Fsp3) is 0.250. The third-order valence-electron chi connectivity index (χ3n) is 3.72. The lowest BCUT2D eigenvalue weighted by Gasteiger charge is -2.09. The molecule has 3 aromatic rings. The number of aryl methyl sites for hydroxylation is 2. The number of aromatic nitrogens is 3. The minimum Gasteiger partial charge on any atom is -0.268 e. The Morgan fingerprint density at radius 3 is 2.57 bits per heavy atom. The van der Waals surface area contributed by atoms with Crippen molar-refractivity contribution in [1.82, 2.24) is 14.8 Å². The van der Waals surface area contributed by atoms with Crippen LogP contribution in [-0.2, 0) is 16.6 Å². The molecule has 0 bridgehead atoms. The van der Waals surface area contributed by atoms with E-state index >= 15 is 0 Å². The Kier molecular flexibility index (Phi) is 3.81. The summed E-state index contributed by atoms with van der Waals surface area (Å²) in [7, 11) is -3.73. The summed E-state index contributed by atoms with van der Waals surface area (Å²) in [6, 6.07) is 11.1. The van der Waals surface area contributed by atoms with Gasteiger partial charge < -0.3 is 0 Å². The molecule has 1 N–H and O–H groups in total. The van der Waals surface area contributed by atoms with Crippen molar-refractivity contribution in [3.63, 3.8) is 0 Å². The fourth-order valence-corrected chi connectivity index (χ4v) is 4.10. The second-order valence-corrected chi connectivity index (χ2v) is 6.93. The van der Waals surface area contributed by atoms with Crippen LogP contribution in [0.2, 0.25) is 0 Å². The van der Waals surface area contributed by atoms with Gasteiger partial charge in [-0.2, -0.15) is 5.10 Å². The van der Waals surface area contributed by atoms with E-state index in [1.165, 1.54) is 0 Å². The van der Waals surface area contributed by atoms with Gasteiger partial charge in [0.1, 0.15) is 10.7 Å². The predicted octanol–water partition coefficient (Wildman–Crippen LogP) is 2.87. The van der Waals surface area contributed by atoms with Crippen LogP contribution in [0, 0.1) is 13.8 Å². The van der Waals surface area contributed by atoms with Crippen LogP contribution in [-0.4, -0.2) is 23.2 Å². The van der Waals surface area contributed by atoms with Gasteiger partial charge in [0.2, 0.25) is 0 Å². The molecule has 0 aliphatic carbocycles. The lowest BCUT2D eigenvalue weighted by molar-refractivity contribution is 0.598. The molecule has 2 heterocycles. The number of benzene rings is 1. The van der Waals surface area contributed by atoms with Gasteiger partial charge in [0.25, 0.3) is 10.0 Å². The molecule has 0 fully saturated rings. The van der Waals surface area contributed by atoms with Gasteiger partial charge in [-0.1, -0.05) is 18.2 Å². The number of hydrogen-bond donors (Lipinski definition) is 1. The summed E-state index contributed by atoms with van der Waals surface area (Å²) in [4.78, 5) is 4.57. The molecule has 3 rings (SSSR count). The molecule has 0 saturated heterocycles. The number of sulfonamides is 1. The predicted molar refractivity (Wildman–Crippen MR) is 89.9 cm³/mol. The number of nitrogens with zero attached hydrogens (tertiary/aromatic N) is 3. The van der Waals surface area contributed by atoms with Gasteiger partial charge in [-0.15, -0.1) is 0 Å². The lowest BCUT2D eigenvalue weighted by Crippen LogP contribution is -2.15. The second-order valence-electron chi connectivity index (χ2n) is 5.31. The molecular formula is C16H18N4O2S. The number of fused-ring (bicyclic) bond motifs is 1. The van der Waals surface area contributed by atoms with E-state index in [2.05, 4.69) is 14.8 Å². The highest BCUT2D eigenvalue weighted by molar-refractivity contribution is 7.92. The van der Waals surface area contributed by atoms with Crippen molar-refractivity contribution in [1.29, 1.82) is 0 Å². The summed E-state index contributed by atoms with van der Waals surface area (Å²) < 4.78 is 29.6. The van der Waals surface area contributed by atoms with Crippen LogP contribution in [0.1, 0.15) is 18.3 Å². The van der Waals surface area contributed by atoms with Crippen LogP contribution >= 0.6 is 0 Å². The Morgan fingerprint density at radius 1 is 1.13 bits per heavy atom. The van der Waals surface area contributed by atoms with Crippen LogP contribution in [0.5, 0.6) is 0 Å². The minimum absolute atomic E-state index is 0.217. The molecule has 0 atom stereocenters. The van der Waals surface area contributed by atoms with Gasteiger partial charge in [-0.05, 0) is 39.0 Å². The van der Waals surface area contributed by atoms with Crippen molar-refractivity contribution in [2.45, 2.75) is 32.2 Å². The Bertz CT molecular complexity index is 977. The van der Waals surface area contributed by atoms with Crippen LogP contribution in [0.15, 0.2) is 41.3 Å².